The Hall–Kier alpha value is -5.77. The van der Waals surface area contributed by atoms with E-state index in [0.717, 1.165) is 58.8 Å². The number of aliphatic carboxylic acids is 1. The van der Waals surface area contributed by atoms with E-state index < -0.39 is 18.6 Å². The van der Waals surface area contributed by atoms with Gasteiger partial charge in [0.2, 0.25) is 5.91 Å². The molecule has 290 valence electrons. The summed E-state index contributed by atoms with van der Waals surface area (Å²) in [6, 6.07) is 26.9. The quantitative estimate of drug-likeness (QED) is 0.0768. The van der Waals surface area contributed by atoms with E-state index in [1.807, 2.05) is 47.3 Å². The van der Waals surface area contributed by atoms with Crippen LogP contribution in [0.25, 0.3) is 33.2 Å². The Kier molecular flexibility index (Phi) is 12.5. The van der Waals surface area contributed by atoms with Crippen LogP contribution in [0.3, 0.4) is 0 Å². The first-order valence-corrected chi connectivity index (χ1v) is 19.4. The average molecular weight is 804 g/mol. The summed E-state index contributed by atoms with van der Waals surface area (Å²) in [7, 11) is 0. The number of hydrogen-bond donors (Lipinski definition) is 4. The van der Waals surface area contributed by atoms with E-state index in [9.17, 15) is 25.1 Å². The van der Waals surface area contributed by atoms with Gasteiger partial charge in [0.05, 0.1) is 35.5 Å². The predicted molar refractivity (Wildman–Crippen MR) is 219 cm³/mol. The Morgan fingerprint density at radius 3 is 2.54 bits per heavy atom. The third kappa shape index (κ3) is 9.28. The van der Waals surface area contributed by atoms with Crippen molar-refractivity contribution in [2.24, 2.45) is 0 Å². The largest absolute Gasteiger partial charge is 0.489 e. The topological polar surface area (TPSA) is 162 Å². The summed E-state index contributed by atoms with van der Waals surface area (Å²) in [5, 5.41) is 40.9. The number of carbonyl (C=O) groups is 2. The highest BCUT2D eigenvalue weighted by atomic mass is 35.5. The number of benzene rings is 4. The van der Waals surface area contributed by atoms with E-state index in [1.165, 1.54) is 11.8 Å². The van der Waals surface area contributed by atoms with Crippen LogP contribution in [0, 0.1) is 11.3 Å². The van der Waals surface area contributed by atoms with Gasteiger partial charge in [0.15, 0.2) is 0 Å². The summed E-state index contributed by atoms with van der Waals surface area (Å²) in [6.07, 6.45) is 9.38. The van der Waals surface area contributed by atoms with Crippen LogP contribution >= 0.6 is 23.2 Å². The molecule has 0 saturated carbocycles. The third-order valence-electron chi connectivity index (χ3n) is 10.2. The van der Waals surface area contributed by atoms with Crippen molar-refractivity contribution in [3.05, 3.63) is 135 Å². The summed E-state index contributed by atoms with van der Waals surface area (Å²) >= 11 is 14.0. The molecule has 0 aliphatic carbocycles. The Bertz CT molecular complexity index is 2460. The fourth-order valence-electron chi connectivity index (χ4n) is 7.17. The second-order valence-electron chi connectivity index (χ2n) is 14.1. The lowest BCUT2D eigenvalue weighted by Gasteiger charge is -2.18. The summed E-state index contributed by atoms with van der Waals surface area (Å²) in [4.78, 5) is 27.2. The minimum Gasteiger partial charge on any atom is -0.489 e. The number of aromatic nitrogens is 3. The molecule has 1 aliphatic rings. The van der Waals surface area contributed by atoms with Gasteiger partial charge in [-0.25, -0.2) is 0 Å². The van der Waals surface area contributed by atoms with Gasteiger partial charge < -0.3 is 20.3 Å². The fraction of sp³-hybridized carbons (Fsp3) is 0.250. The van der Waals surface area contributed by atoms with Gasteiger partial charge in [0, 0.05) is 64.1 Å². The fourth-order valence-corrected chi connectivity index (χ4v) is 7.75. The lowest BCUT2D eigenvalue weighted by molar-refractivity contribution is -0.140. The number of amides is 1. The van der Waals surface area contributed by atoms with Crippen molar-refractivity contribution in [2.45, 2.75) is 63.9 Å². The molecule has 0 spiro atoms. The first-order chi connectivity index (χ1) is 27.7. The van der Waals surface area contributed by atoms with Crippen molar-refractivity contribution < 1.29 is 24.5 Å². The van der Waals surface area contributed by atoms with Gasteiger partial charge in [-0.05, 0) is 72.2 Å². The van der Waals surface area contributed by atoms with Crippen molar-refractivity contribution in [3.63, 3.8) is 0 Å². The first-order valence-electron chi connectivity index (χ1n) is 18.7. The minimum atomic E-state index is -1.19. The zero-order chi connectivity index (χ0) is 39.9. The summed E-state index contributed by atoms with van der Waals surface area (Å²) < 4.78 is 8.07. The molecule has 1 amide bonds. The van der Waals surface area contributed by atoms with Crippen LogP contribution in [0.2, 0.25) is 10.0 Å². The molecule has 4 aromatic carbocycles. The molecule has 11 nitrogen and oxygen atoms in total. The van der Waals surface area contributed by atoms with Crippen LogP contribution in [-0.2, 0) is 35.7 Å². The van der Waals surface area contributed by atoms with E-state index in [-0.39, 0.29) is 19.1 Å². The van der Waals surface area contributed by atoms with Crippen LogP contribution < -0.4 is 15.4 Å². The van der Waals surface area contributed by atoms with Crippen molar-refractivity contribution in [3.8, 4) is 34.1 Å². The second kappa shape index (κ2) is 18.0. The molecule has 2 atom stereocenters. The molecule has 57 heavy (non-hydrogen) atoms. The molecule has 1 saturated heterocycles. The summed E-state index contributed by atoms with van der Waals surface area (Å²) in [5.74, 6) is -0.588. The number of carboxylic acid groups (broad SMARTS) is 1. The van der Waals surface area contributed by atoms with Gasteiger partial charge >= 0.3 is 5.97 Å². The molecule has 1 fully saturated rings. The van der Waals surface area contributed by atoms with Gasteiger partial charge in [-0.15, -0.1) is 0 Å². The van der Waals surface area contributed by atoms with E-state index in [4.69, 9.17) is 33.0 Å². The molecule has 1 aliphatic heterocycles. The monoisotopic (exact) mass is 802 g/mol. The highest BCUT2D eigenvalue weighted by Gasteiger charge is 2.21. The number of aliphatic hydroxyl groups is 1. The number of carboxylic acids is 1. The molecule has 0 unspecified atom stereocenters. The first kappa shape index (κ1) is 39.5. The number of carbonyl (C=O) groups excluding carboxylic acids is 1. The van der Waals surface area contributed by atoms with Crippen LogP contribution in [-0.4, -0.2) is 55.5 Å². The lowest BCUT2D eigenvalue weighted by atomic mass is 9.96. The lowest BCUT2D eigenvalue weighted by Crippen LogP contribution is -2.39. The number of aryl methyl sites for hydroxylation is 1. The van der Waals surface area contributed by atoms with Gasteiger partial charge in [0.25, 0.3) is 0 Å². The van der Waals surface area contributed by atoms with E-state index >= 15 is 0 Å². The molecule has 2 aromatic heterocycles. The number of halogens is 2. The molecule has 7 rings (SSSR count). The summed E-state index contributed by atoms with van der Waals surface area (Å²) in [6.45, 7) is -0.139. The second-order valence-corrected chi connectivity index (χ2v) is 14.9. The van der Waals surface area contributed by atoms with E-state index in [2.05, 4.69) is 46.0 Å². The number of ether oxygens (including phenoxy) is 1. The highest BCUT2D eigenvalue weighted by molar-refractivity contribution is 6.36. The minimum absolute atomic E-state index is 0.0593. The Morgan fingerprint density at radius 2 is 1.79 bits per heavy atom. The van der Waals surface area contributed by atoms with Crippen molar-refractivity contribution in [2.75, 3.05) is 6.61 Å². The Balaban J connectivity index is 1.12. The molecular weight excluding hydrogens is 763 g/mol. The molecular formula is C44H40Cl2N6O5. The molecule has 0 radical (unpaired) electrons. The molecule has 6 aromatic rings. The van der Waals surface area contributed by atoms with Crippen LogP contribution in [0.5, 0.6) is 5.75 Å². The van der Waals surface area contributed by atoms with Gasteiger partial charge in [-0.2, -0.15) is 10.4 Å². The molecule has 0 bridgehead atoms. The smallest absolute Gasteiger partial charge is 0.323 e. The number of aliphatic hydroxyl groups excluding tert-OH is 1. The van der Waals surface area contributed by atoms with Crippen LogP contribution in [0.4, 0.5) is 0 Å². The summed E-state index contributed by atoms with van der Waals surface area (Å²) in [5.41, 5.74) is 8.24. The van der Waals surface area contributed by atoms with E-state index in [1.54, 1.807) is 24.4 Å². The molecule has 4 N–H and O–H groups in total. The Labute approximate surface area is 339 Å². The maximum atomic E-state index is 11.6. The van der Waals surface area contributed by atoms with E-state index in [0.29, 0.717) is 57.1 Å². The standard InChI is InChI=1S/C44H40Cl2N6O5/c45-38-17-31(22-49-39(25-53)44(55)56)41(57-26-29-16-28(19-47)20-48-21-29)18-32(38)24-52-40-9-3-7-35(37(40)23-50-52)36-8-2-6-34(43(36)46)30-12-10-27(11-13-30)4-1-5-33-14-15-42(54)51-33/h2-3,6-13,16-18,20-21,23,33,39,49,53H,1,4-5,14-15,22,24-26H2,(H,51,54)(H,55,56)/t33-,39+/m1/s1. The molecule has 3 heterocycles. The highest BCUT2D eigenvalue weighted by Crippen LogP contribution is 2.40. The number of nitrogens with one attached hydrogen (secondary N) is 2. The van der Waals surface area contributed by atoms with Gasteiger partial charge in [-0.1, -0.05) is 77.8 Å². The number of fused-ring (bicyclic) bond motifs is 1. The third-order valence-corrected chi connectivity index (χ3v) is 11.0. The Morgan fingerprint density at radius 1 is 1.00 bits per heavy atom. The predicted octanol–water partition coefficient (Wildman–Crippen LogP) is 7.71. The van der Waals surface area contributed by atoms with Crippen molar-refractivity contribution in [1.29, 1.82) is 5.26 Å². The number of nitriles is 1. The zero-order valence-corrected chi connectivity index (χ0v) is 32.4. The van der Waals surface area contributed by atoms with Crippen LogP contribution in [0.1, 0.15) is 53.5 Å². The van der Waals surface area contributed by atoms with Gasteiger partial charge in [0.1, 0.15) is 24.5 Å². The number of rotatable bonds is 16. The zero-order valence-electron chi connectivity index (χ0n) is 30.9. The average Bonchev–Trinajstić information content (AvgIpc) is 3.84. The maximum Gasteiger partial charge on any atom is 0.323 e. The number of hydrogen-bond acceptors (Lipinski definition) is 8. The number of nitrogens with zero attached hydrogens (tertiary/aromatic N) is 4. The normalized spacial score (nSPS) is 14.4. The van der Waals surface area contributed by atoms with Crippen molar-refractivity contribution >= 4 is 46.0 Å². The van der Waals surface area contributed by atoms with Gasteiger partial charge in [-0.3, -0.25) is 24.6 Å². The maximum absolute atomic E-state index is 11.6. The molecule has 13 heteroatoms. The van der Waals surface area contributed by atoms with Crippen LogP contribution in [0.15, 0.2) is 97.5 Å². The van der Waals surface area contributed by atoms with Crippen molar-refractivity contribution in [1.82, 2.24) is 25.4 Å². The SMILES string of the molecule is N#Cc1cncc(COc2cc(Cn3ncc4c(-c5cccc(-c6ccc(CCC[C@@H]7CCC(=O)N7)cc6)c5Cl)cccc43)c(Cl)cc2CN[C@@H](CO)C(=O)O)c1. The number of pyridine rings is 1.